The number of nitrogens with zero attached hydrogens (tertiary/aromatic N) is 2. The number of hydrogen-bond acceptors (Lipinski definition) is 5. The van der Waals surface area contributed by atoms with Crippen molar-refractivity contribution < 1.29 is 9.47 Å². The number of thiazole rings is 1. The number of aliphatic imine (C=N–C) groups is 1. The molecular formula is C15H26N4O2S. The summed E-state index contributed by atoms with van der Waals surface area (Å²) in [4.78, 5) is 9.98. The fraction of sp³-hybridized carbons (Fsp3) is 0.733. The lowest BCUT2D eigenvalue weighted by Crippen LogP contribution is -2.50. The van der Waals surface area contributed by atoms with Crippen molar-refractivity contribution in [3.63, 3.8) is 0 Å². The first kappa shape index (κ1) is 17.2. The fourth-order valence-electron chi connectivity index (χ4n) is 2.41. The topological polar surface area (TPSA) is 67.8 Å². The number of nitrogens with one attached hydrogen (secondary N) is 2. The van der Waals surface area contributed by atoms with E-state index in [1.54, 1.807) is 25.5 Å². The van der Waals surface area contributed by atoms with Crippen molar-refractivity contribution >= 4 is 17.3 Å². The quantitative estimate of drug-likeness (QED) is 0.613. The first-order valence-electron chi connectivity index (χ1n) is 7.72. The molecule has 2 rings (SSSR count). The minimum absolute atomic E-state index is 0.160. The van der Waals surface area contributed by atoms with Crippen LogP contribution in [-0.4, -0.2) is 50.5 Å². The molecule has 0 amide bonds. The van der Waals surface area contributed by atoms with Crippen LogP contribution in [0.1, 0.15) is 29.7 Å². The van der Waals surface area contributed by atoms with E-state index in [0.29, 0.717) is 6.54 Å². The Labute approximate surface area is 136 Å². The van der Waals surface area contributed by atoms with Crippen LogP contribution in [0.25, 0.3) is 0 Å². The maximum atomic E-state index is 5.72. The highest BCUT2D eigenvalue weighted by molar-refractivity contribution is 7.11. The second-order valence-corrected chi connectivity index (χ2v) is 6.55. The lowest BCUT2D eigenvalue weighted by molar-refractivity contribution is -0.0855. The molecule has 1 aromatic heterocycles. The maximum absolute atomic E-state index is 5.72. The van der Waals surface area contributed by atoms with Crippen molar-refractivity contribution in [2.45, 2.75) is 38.3 Å². The van der Waals surface area contributed by atoms with Crippen molar-refractivity contribution in [3.8, 4) is 0 Å². The molecule has 1 aliphatic rings. The van der Waals surface area contributed by atoms with Crippen LogP contribution in [0, 0.1) is 0 Å². The number of guanidine groups is 1. The highest BCUT2D eigenvalue weighted by Gasteiger charge is 2.32. The van der Waals surface area contributed by atoms with Crippen LogP contribution in [0.2, 0.25) is 0 Å². The summed E-state index contributed by atoms with van der Waals surface area (Å²) in [5.74, 6) is 0.774. The number of hydrogen-bond donors (Lipinski definition) is 2. The van der Waals surface area contributed by atoms with Crippen LogP contribution in [-0.2, 0) is 22.4 Å². The van der Waals surface area contributed by atoms with Gasteiger partial charge in [0.2, 0.25) is 0 Å². The van der Waals surface area contributed by atoms with E-state index in [9.17, 15) is 0 Å². The van der Waals surface area contributed by atoms with E-state index in [4.69, 9.17) is 9.47 Å². The summed E-state index contributed by atoms with van der Waals surface area (Å²) >= 11 is 1.74. The zero-order valence-corrected chi connectivity index (χ0v) is 14.5. The van der Waals surface area contributed by atoms with Gasteiger partial charge in [0, 0.05) is 57.8 Å². The monoisotopic (exact) mass is 326 g/mol. The molecule has 1 aromatic rings. The van der Waals surface area contributed by atoms with Gasteiger partial charge < -0.3 is 20.1 Å². The first-order chi connectivity index (χ1) is 10.7. The molecule has 0 unspecified atom stereocenters. The van der Waals surface area contributed by atoms with Crippen LogP contribution in [0.3, 0.4) is 0 Å². The van der Waals surface area contributed by atoms with Gasteiger partial charge in [-0.2, -0.15) is 0 Å². The Morgan fingerprint density at radius 2 is 2.23 bits per heavy atom. The average molecular weight is 326 g/mol. The molecule has 0 atom stereocenters. The largest absolute Gasteiger partial charge is 0.381 e. The van der Waals surface area contributed by atoms with Crippen LogP contribution in [0.5, 0.6) is 0 Å². The second kappa shape index (κ2) is 8.45. The summed E-state index contributed by atoms with van der Waals surface area (Å²) in [6.07, 6.45) is 4.78. The Hall–Kier alpha value is -1.18. The second-order valence-electron chi connectivity index (χ2n) is 5.35. The van der Waals surface area contributed by atoms with E-state index in [2.05, 4.69) is 27.5 Å². The molecule has 2 N–H and O–H groups in total. The smallest absolute Gasteiger partial charge is 0.191 e. The zero-order valence-electron chi connectivity index (χ0n) is 13.6. The molecule has 0 radical (unpaired) electrons. The number of methoxy groups -OCH3 is 1. The number of aryl methyl sites for hydroxylation is 1. The van der Waals surface area contributed by atoms with Gasteiger partial charge in [0.1, 0.15) is 5.01 Å². The summed E-state index contributed by atoms with van der Waals surface area (Å²) in [5, 5.41) is 7.74. The third-order valence-electron chi connectivity index (χ3n) is 4.00. The van der Waals surface area contributed by atoms with Gasteiger partial charge in [-0.05, 0) is 6.42 Å². The Bertz CT molecular complexity index is 484. The van der Waals surface area contributed by atoms with E-state index in [0.717, 1.165) is 50.0 Å². The van der Waals surface area contributed by atoms with Crippen LogP contribution in [0.15, 0.2) is 11.2 Å². The highest BCUT2D eigenvalue weighted by atomic mass is 32.1. The predicted octanol–water partition coefficient (Wildman–Crippen LogP) is 1.57. The van der Waals surface area contributed by atoms with Gasteiger partial charge >= 0.3 is 0 Å². The summed E-state index contributed by atoms with van der Waals surface area (Å²) < 4.78 is 11.1. The van der Waals surface area contributed by atoms with Gasteiger partial charge in [0.15, 0.2) is 5.96 Å². The molecule has 0 bridgehead atoms. The molecule has 2 heterocycles. The van der Waals surface area contributed by atoms with Crippen LogP contribution >= 0.6 is 11.3 Å². The van der Waals surface area contributed by atoms with E-state index >= 15 is 0 Å². The molecule has 124 valence electrons. The predicted molar refractivity (Wildman–Crippen MR) is 89.5 cm³/mol. The molecule has 0 aromatic carbocycles. The molecule has 1 fully saturated rings. The molecular weight excluding hydrogens is 300 g/mol. The molecule has 0 saturated carbocycles. The van der Waals surface area contributed by atoms with E-state index in [1.165, 1.54) is 4.88 Å². The molecule has 1 aliphatic heterocycles. The van der Waals surface area contributed by atoms with Gasteiger partial charge in [-0.3, -0.25) is 4.99 Å². The zero-order chi connectivity index (χ0) is 15.8. The summed E-state index contributed by atoms with van der Waals surface area (Å²) in [6, 6.07) is 0. The number of rotatable bonds is 6. The van der Waals surface area contributed by atoms with Crippen molar-refractivity contribution in [1.29, 1.82) is 0 Å². The SMILES string of the molecule is CCc1cnc(CNC(=NC)NCC2(OC)CCOCC2)s1. The fourth-order valence-corrected chi connectivity index (χ4v) is 3.22. The molecule has 1 saturated heterocycles. The Morgan fingerprint density at radius 1 is 1.45 bits per heavy atom. The number of aromatic nitrogens is 1. The van der Waals surface area contributed by atoms with Crippen LogP contribution < -0.4 is 10.6 Å². The third kappa shape index (κ3) is 4.66. The van der Waals surface area contributed by atoms with Gasteiger partial charge in [-0.15, -0.1) is 11.3 Å². The average Bonchev–Trinajstić information content (AvgIpc) is 3.04. The molecule has 22 heavy (non-hydrogen) atoms. The van der Waals surface area contributed by atoms with Gasteiger partial charge in [-0.25, -0.2) is 4.98 Å². The van der Waals surface area contributed by atoms with Crippen molar-refractivity contribution in [1.82, 2.24) is 15.6 Å². The van der Waals surface area contributed by atoms with Crippen LogP contribution in [0.4, 0.5) is 0 Å². The summed E-state index contributed by atoms with van der Waals surface area (Å²) in [7, 11) is 3.54. The summed E-state index contributed by atoms with van der Waals surface area (Å²) in [6.45, 7) is 5.06. The van der Waals surface area contributed by atoms with Gasteiger partial charge in [0.25, 0.3) is 0 Å². The lowest BCUT2D eigenvalue weighted by Gasteiger charge is -2.36. The van der Waals surface area contributed by atoms with E-state index in [-0.39, 0.29) is 5.60 Å². The van der Waals surface area contributed by atoms with Gasteiger partial charge in [0.05, 0.1) is 12.1 Å². The normalized spacial score (nSPS) is 18.2. The molecule has 0 spiro atoms. The Kier molecular flexibility index (Phi) is 6.60. The van der Waals surface area contributed by atoms with Crippen molar-refractivity contribution in [2.24, 2.45) is 4.99 Å². The van der Waals surface area contributed by atoms with E-state index < -0.39 is 0 Å². The van der Waals surface area contributed by atoms with E-state index in [1.807, 2.05) is 6.20 Å². The maximum Gasteiger partial charge on any atom is 0.191 e. The molecule has 0 aliphatic carbocycles. The third-order valence-corrected chi connectivity index (χ3v) is 5.14. The lowest BCUT2D eigenvalue weighted by atomic mass is 9.94. The highest BCUT2D eigenvalue weighted by Crippen LogP contribution is 2.23. The molecule has 7 heteroatoms. The number of ether oxygens (including phenoxy) is 2. The van der Waals surface area contributed by atoms with Crippen molar-refractivity contribution in [2.75, 3.05) is 33.9 Å². The minimum atomic E-state index is -0.160. The Balaban J connectivity index is 1.81. The summed E-state index contributed by atoms with van der Waals surface area (Å²) in [5.41, 5.74) is -0.160. The first-order valence-corrected chi connectivity index (χ1v) is 8.54. The minimum Gasteiger partial charge on any atom is -0.381 e. The Morgan fingerprint density at radius 3 is 2.82 bits per heavy atom. The standard InChI is InChI=1S/C15H26N4O2S/c1-4-12-9-17-13(22-12)10-18-14(16-2)19-11-15(20-3)5-7-21-8-6-15/h9H,4-8,10-11H2,1-3H3,(H2,16,18,19). The van der Waals surface area contributed by atoms with Gasteiger partial charge in [-0.1, -0.05) is 6.92 Å². The molecule has 6 nitrogen and oxygen atoms in total. The van der Waals surface area contributed by atoms with Crippen molar-refractivity contribution in [3.05, 3.63) is 16.1 Å².